The van der Waals surface area contributed by atoms with Crippen molar-refractivity contribution in [3.05, 3.63) is 16.4 Å². The van der Waals surface area contributed by atoms with Gasteiger partial charge >= 0.3 is 0 Å². The van der Waals surface area contributed by atoms with E-state index in [4.69, 9.17) is 11.6 Å². The number of nitrogens with one attached hydrogen (secondary N) is 2. The zero-order chi connectivity index (χ0) is 14.3. The minimum atomic E-state index is -0.855. The van der Waals surface area contributed by atoms with E-state index in [1.807, 2.05) is 11.9 Å². The van der Waals surface area contributed by atoms with Gasteiger partial charge in [0.15, 0.2) is 5.69 Å². The zero-order valence-electron chi connectivity index (χ0n) is 11.4. The Balaban J connectivity index is 1.62. The van der Waals surface area contributed by atoms with Gasteiger partial charge in [-0.25, -0.2) is 0 Å². The van der Waals surface area contributed by atoms with Crippen molar-refractivity contribution in [2.75, 3.05) is 26.7 Å². The van der Waals surface area contributed by atoms with E-state index >= 15 is 0 Å². The lowest BCUT2D eigenvalue weighted by molar-refractivity contribution is 0.0484. The van der Waals surface area contributed by atoms with Crippen LogP contribution in [-0.2, 0) is 0 Å². The second kappa shape index (κ2) is 5.02. The molecule has 1 amide bonds. The predicted octanol–water partition coefficient (Wildman–Crippen LogP) is 0.737. The molecule has 110 valence electrons. The third-order valence-electron chi connectivity index (χ3n) is 4.03. The number of hydrogen-bond donors (Lipinski definition) is 3. The van der Waals surface area contributed by atoms with Crippen molar-refractivity contribution in [2.45, 2.75) is 30.8 Å². The maximum absolute atomic E-state index is 12.1. The first kappa shape index (κ1) is 13.9. The number of amides is 1. The van der Waals surface area contributed by atoms with Crippen LogP contribution in [0.4, 0.5) is 0 Å². The molecule has 2 heterocycles. The van der Waals surface area contributed by atoms with Crippen LogP contribution in [0.25, 0.3) is 0 Å². The van der Waals surface area contributed by atoms with Crippen molar-refractivity contribution in [3.8, 4) is 0 Å². The molecule has 0 unspecified atom stereocenters. The van der Waals surface area contributed by atoms with E-state index in [1.165, 1.54) is 0 Å². The molecule has 1 atom stereocenters. The standard InChI is InChI=1S/C13H19ClN4O2/c1-18-5-4-13(20,7-18)6-15-12(19)11-9(14)10(16-17-11)8-2-3-8/h8,20H,2-7H2,1H3,(H,15,19)(H,16,17)/t13-/m1/s1. The Bertz CT molecular complexity index is 528. The van der Waals surface area contributed by atoms with Crippen molar-refractivity contribution < 1.29 is 9.90 Å². The smallest absolute Gasteiger partial charge is 0.273 e. The van der Waals surface area contributed by atoms with Crippen LogP contribution in [0, 0.1) is 0 Å². The fourth-order valence-corrected chi connectivity index (χ4v) is 2.99. The van der Waals surface area contributed by atoms with Crippen LogP contribution >= 0.6 is 11.6 Å². The number of carbonyl (C=O) groups is 1. The highest BCUT2D eigenvalue weighted by Gasteiger charge is 2.35. The Morgan fingerprint density at radius 2 is 2.40 bits per heavy atom. The maximum atomic E-state index is 12.1. The van der Waals surface area contributed by atoms with Crippen LogP contribution in [0.1, 0.15) is 41.4 Å². The summed E-state index contributed by atoms with van der Waals surface area (Å²) in [4.78, 5) is 14.1. The largest absolute Gasteiger partial charge is 0.387 e. The van der Waals surface area contributed by atoms with Gasteiger partial charge in [0.1, 0.15) is 0 Å². The molecule has 6 nitrogen and oxygen atoms in total. The molecule has 1 aliphatic carbocycles. The molecule has 1 saturated carbocycles. The average molecular weight is 299 g/mol. The summed E-state index contributed by atoms with van der Waals surface area (Å²) in [6.45, 7) is 1.62. The van der Waals surface area contributed by atoms with Gasteiger partial charge in [0, 0.05) is 25.6 Å². The topological polar surface area (TPSA) is 81.2 Å². The lowest BCUT2D eigenvalue weighted by Crippen LogP contribution is -2.44. The Labute approximate surface area is 122 Å². The number of hydrogen-bond acceptors (Lipinski definition) is 4. The summed E-state index contributed by atoms with van der Waals surface area (Å²) in [7, 11) is 1.95. The second-order valence-corrected chi connectivity index (χ2v) is 6.35. The Kier molecular flexibility index (Phi) is 3.48. The van der Waals surface area contributed by atoms with E-state index in [0.29, 0.717) is 23.9 Å². The van der Waals surface area contributed by atoms with E-state index in [1.54, 1.807) is 0 Å². The van der Waals surface area contributed by atoms with Crippen LogP contribution in [-0.4, -0.2) is 58.4 Å². The number of β-amino-alcohol motifs (C(OH)–C–C–N with tert-alkyl or cyclic N) is 1. The number of aromatic amines is 1. The Morgan fingerprint density at radius 3 is 3.00 bits per heavy atom. The highest BCUT2D eigenvalue weighted by Crippen LogP contribution is 2.42. The Hall–Kier alpha value is -1.11. The highest BCUT2D eigenvalue weighted by atomic mass is 35.5. The average Bonchev–Trinajstić information content (AvgIpc) is 3.09. The van der Waals surface area contributed by atoms with Crippen molar-refractivity contribution in [3.63, 3.8) is 0 Å². The summed E-state index contributed by atoms with van der Waals surface area (Å²) in [5, 5.41) is 20.3. The molecule has 20 heavy (non-hydrogen) atoms. The molecule has 3 rings (SSSR count). The molecule has 7 heteroatoms. The molecule has 1 aliphatic heterocycles. The van der Waals surface area contributed by atoms with Crippen LogP contribution in [0.2, 0.25) is 5.02 Å². The van der Waals surface area contributed by atoms with Crippen molar-refractivity contribution >= 4 is 17.5 Å². The van der Waals surface area contributed by atoms with Crippen LogP contribution in [0.5, 0.6) is 0 Å². The monoisotopic (exact) mass is 298 g/mol. The van der Waals surface area contributed by atoms with Crippen LogP contribution in [0.3, 0.4) is 0 Å². The summed E-state index contributed by atoms with van der Waals surface area (Å²) >= 11 is 6.18. The second-order valence-electron chi connectivity index (χ2n) is 5.97. The molecule has 1 saturated heterocycles. The molecule has 1 aromatic heterocycles. The predicted molar refractivity (Wildman–Crippen MR) is 75.0 cm³/mol. The molecular weight excluding hydrogens is 280 g/mol. The first-order valence-corrected chi connectivity index (χ1v) is 7.29. The van der Waals surface area contributed by atoms with Gasteiger partial charge in [-0.2, -0.15) is 5.10 Å². The summed E-state index contributed by atoms with van der Waals surface area (Å²) in [6.07, 6.45) is 2.84. The van der Waals surface area contributed by atoms with Gasteiger partial charge in [0.2, 0.25) is 0 Å². The van der Waals surface area contributed by atoms with Gasteiger partial charge < -0.3 is 15.3 Å². The van der Waals surface area contributed by atoms with E-state index < -0.39 is 5.60 Å². The molecule has 0 radical (unpaired) electrons. The number of halogens is 1. The number of H-pyrrole nitrogens is 1. The first-order chi connectivity index (χ1) is 9.48. The molecule has 0 spiro atoms. The molecule has 0 bridgehead atoms. The lowest BCUT2D eigenvalue weighted by Gasteiger charge is -2.22. The van der Waals surface area contributed by atoms with Crippen LogP contribution in [0.15, 0.2) is 0 Å². The van der Waals surface area contributed by atoms with E-state index in [2.05, 4.69) is 15.5 Å². The normalized spacial score (nSPS) is 26.9. The number of nitrogens with zero attached hydrogens (tertiary/aromatic N) is 2. The fourth-order valence-electron chi connectivity index (χ4n) is 2.67. The third-order valence-corrected chi connectivity index (χ3v) is 4.42. The number of likely N-dealkylation sites (N-methyl/N-ethyl adjacent to an activating group) is 1. The molecule has 2 aliphatic rings. The van der Waals surface area contributed by atoms with Gasteiger partial charge in [0.05, 0.1) is 16.3 Å². The first-order valence-electron chi connectivity index (χ1n) is 6.91. The number of aliphatic hydroxyl groups is 1. The number of carbonyl (C=O) groups excluding carboxylic acids is 1. The molecule has 3 N–H and O–H groups in total. The molecular formula is C13H19ClN4O2. The lowest BCUT2D eigenvalue weighted by atomic mass is 10.0. The summed E-state index contributed by atoms with van der Waals surface area (Å²) in [5.74, 6) is 0.0883. The van der Waals surface area contributed by atoms with E-state index in [0.717, 1.165) is 25.1 Å². The Morgan fingerprint density at radius 1 is 1.65 bits per heavy atom. The molecule has 0 aromatic carbocycles. The van der Waals surface area contributed by atoms with Gasteiger partial charge in [-0.3, -0.25) is 9.89 Å². The quantitative estimate of drug-likeness (QED) is 0.766. The van der Waals surface area contributed by atoms with Crippen molar-refractivity contribution in [1.82, 2.24) is 20.4 Å². The fraction of sp³-hybridized carbons (Fsp3) is 0.692. The summed E-state index contributed by atoms with van der Waals surface area (Å²) < 4.78 is 0. The minimum Gasteiger partial charge on any atom is -0.387 e. The highest BCUT2D eigenvalue weighted by molar-refractivity contribution is 6.34. The van der Waals surface area contributed by atoms with E-state index in [9.17, 15) is 9.90 Å². The van der Waals surface area contributed by atoms with Crippen molar-refractivity contribution in [2.24, 2.45) is 0 Å². The SMILES string of the molecule is CN1CC[C@@](O)(CNC(=O)c2n[nH]c(C3CC3)c2Cl)C1. The van der Waals surface area contributed by atoms with E-state index in [-0.39, 0.29) is 18.1 Å². The summed E-state index contributed by atoms with van der Waals surface area (Å²) in [6, 6.07) is 0. The number of likely N-dealkylation sites (tertiary alicyclic amines) is 1. The van der Waals surface area contributed by atoms with Gasteiger partial charge in [-0.15, -0.1) is 0 Å². The third kappa shape index (κ3) is 2.68. The molecule has 1 aromatic rings. The zero-order valence-corrected chi connectivity index (χ0v) is 12.2. The summed E-state index contributed by atoms with van der Waals surface area (Å²) in [5.41, 5.74) is 0.228. The minimum absolute atomic E-state index is 0.220. The maximum Gasteiger partial charge on any atom is 0.273 e. The van der Waals surface area contributed by atoms with Crippen LogP contribution < -0.4 is 5.32 Å². The number of rotatable bonds is 4. The van der Waals surface area contributed by atoms with Gasteiger partial charge in [-0.1, -0.05) is 11.6 Å². The van der Waals surface area contributed by atoms with Gasteiger partial charge in [-0.05, 0) is 26.3 Å². The number of aromatic nitrogens is 2. The van der Waals surface area contributed by atoms with Crippen molar-refractivity contribution in [1.29, 1.82) is 0 Å². The molecule has 2 fully saturated rings. The van der Waals surface area contributed by atoms with Gasteiger partial charge in [0.25, 0.3) is 5.91 Å².